The van der Waals surface area contributed by atoms with Crippen molar-refractivity contribution in [3.8, 4) is 11.5 Å². The van der Waals surface area contributed by atoms with Gasteiger partial charge in [-0.15, -0.1) is 6.58 Å². The first-order chi connectivity index (χ1) is 14.5. The summed E-state index contributed by atoms with van der Waals surface area (Å²) in [6, 6.07) is 11.4. The molecule has 0 unspecified atom stereocenters. The molecule has 1 aliphatic heterocycles. The molecule has 2 aromatic rings. The Morgan fingerprint density at radius 3 is 2.50 bits per heavy atom. The summed E-state index contributed by atoms with van der Waals surface area (Å²) in [5.74, 6) is 0.848. The standard InChI is InChI=1S/C24H26N2O4/c1-5-7-19-12-18(13-20-23(27)26(6-2)24(28)25-20)14-21(29-4)22(19)30-15-17-10-8-16(3)9-11-17/h5,8-14H,1,6-7,15H2,2-4H3,(H,25,28)/b20-13+. The molecule has 0 saturated carbocycles. The van der Waals surface area contributed by atoms with Gasteiger partial charge < -0.3 is 14.8 Å². The third-order valence-electron chi connectivity index (χ3n) is 4.83. The van der Waals surface area contributed by atoms with Crippen LogP contribution in [0.15, 0.2) is 54.8 Å². The third-order valence-corrected chi connectivity index (χ3v) is 4.83. The molecule has 0 bridgehead atoms. The molecule has 156 valence electrons. The molecule has 1 heterocycles. The van der Waals surface area contributed by atoms with Gasteiger partial charge in [0.25, 0.3) is 5.91 Å². The van der Waals surface area contributed by atoms with E-state index < -0.39 is 6.03 Å². The van der Waals surface area contributed by atoms with Crippen LogP contribution in [0.5, 0.6) is 11.5 Å². The number of urea groups is 1. The highest BCUT2D eigenvalue weighted by molar-refractivity contribution is 6.13. The van der Waals surface area contributed by atoms with Crippen LogP contribution in [0.1, 0.15) is 29.2 Å². The number of imide groups is 1. The number of nitrogens with zero attached hydrogens (tertiary/aromatic N) is 1. The minimum absolute atomic E-state index is 0.238. The van der Waals surface area contributed by atoms with Gasteiger partial charge in [0.2, 0.25) is 0 Å². The van der Waals surface area contributed by atoms with Crippen molar-refractivity contribution in [1.29, 1.82) is 0 Å². The molecule has 3 amide bonds. The lowest BCUT2D eigenvalue weighted by atomic mass is 10.0. The Morgan fingerprint density at radius 2 is 1.90 bits per heavy atom. The summed E-state index contributed by atoms with van der Waals surface area (Å²) in [5, 5.41) is 2.61. The summed E-state index contributed by atoms with van der Waals surface area (Å²) >= 11 is 0. The van der Waals surface area contributed by atoms with Crippen LogP contribution in [-0.2, 0) is 17.8 Å². The second kappa shape index (κ2) is 9.31. The number of likely N-dealkylation sites (N-methyl/N-ethyl adjacent to an activating group) is 1. The highest BCUT2D eigenvalue weighted by Gasteiger charge is 2.32. The third kappa shape index (κ3) is 4.54. The number of amides is 3. The van der Waals surface area contributed by atoms with Crippen molar-refractivity contribution in [3.05, 3.63) is 77.0 Å². The number of benzene rings is 2. The van der Waals surface area contributed by atoms with E-state index in [0.29, 0.717) is 31.1 Å². The van der Waals surface area contributed by atoms with Crippen molar-refractivity contribution in [2.24, 2.45) is 0 Å². The minimum Gasteiger partial charge on any atom is -0.493 e. The molecule has 3 rings (SSSR count). The molecular weight excluding hydrogens is 380 g/mol. The predicted molar refractivity (Wildman–Crippen MR) is 116 cm³/mol. The van der Waals surface area contributed by atoms with Crippen LogP contribution in [0, 0.1) is 6.92 Å². The average Bonchev–Trinajstić information content (AvgIpc) is 3.00. The molecular formula is C24H26N2O4. The molecule has 1 aliphatic rings. The zero-order valence-electron chi connectivity index (χ0n) is 17.5. The van der Waals surface area contributed by atoms with Crippen LogP contribution in [0.25, 0.3) is 6.08 Å². The van der Waals surface area contributed by atoms with Gasteiger partial charge in [0.05, 0.1) is 7.11 Å². The van der Waals surface area contributed by atoms with Crippen molar-refractivity contribution in [3.63, 3.8) is 0 Å². The lowest BCUT2D eigenvalue weighted by Crippen LogP contribution is -2.30. The van der Waals surface area contributed by atoms with Crippen LogP contribution >= 0.6 is 0 Å². The summed E-state index contributed by atoms with van der Waals surface area (Å²) in [5.41, 5.74) is 4.09. The van der Waals surface area contributed by atoms with Crippen LogP contribution in [-0.4, -0.2) is 30.5 Å². The predicted octanol–water partition coefficient (Wildman–Crippen LogP) is 4.22. The summed E-state index contributed by atoms with van der Waals surface area (Å²) in [6.45, 7) is 8.35. The quantitative estimate of drug-likeness (QED) is 0.405. The maximum Gasteiger partial charge on any atom is 0.328 e. The number of hydrogen-bond donors (Lipinski definition) is 1. The van der Waals surface area contributed by atoms with Gasteiger partial charge in [0.15, 0.2) is 11.5 Å². The first-order valence-corrected chi connectivity index (χ1v) is 9.81. The number of aryl methyl sites for hydroxylation is 1. The highest BCUT2D eigenvalue weighted by atomic mass is 16.5. The van der Waals surface area contributed by atoms with Crippen LogP contribution in [0.2, 0.25) is 0 Å². The van der Waals surface area contributed by atoms with Gasteiger partial charge in [0, 0.05) is 12.1 Å². The molecule has 6 nitrogen and oxygen atoms in total. The van der Waals surface area contributed by atoms with E-state index in [4.69, 9.17) is 9.47 Å². The second-order valence-electron chi connectivity index (χ2n) is 7.02. The monoisotopic (exact) mass is 406 g/mol. The lowest BCUT2D eigenvalue weighted by molar-refractivity contribution is -0.122. The zero-order chi connectivity index (χ0) is 21.7. The molecule has 0 aliphatic carbocycles. The number of carbonyl (C=O) groups is 2. The Hall–Kier alpha value is -3.54. The van der Waals surface area contributed by atoms with Gasteiger partial charge in [-0.2, -0.15) is 0 Å². The number of methoxy groups -OCH3 is 1. The highest BCUT2D eigenvalue weighted by Crippen LogP contribution is 2.35. The van der Waals surface area contributed by atoms with E-state index in [1.54, 1.807) is 32.3 Å². The molecule has 1 saturated heterocycles. The summed E-state index contributed by atoms with van der Waals surface area (Å²) < 4.78 is 11.7. The Labute approximate surface area is 176 Å². The Balaban J connectivity index is 1.92. The van der Waals surface area contributed by atoms with Crippen molar-refractivity contribution in [2.75, 3.05) is 13.7 Å². The molecule has 0 radical (unpaired) electrons. The van der Waals surface area contributed by atoms with Crippen molar-refractivity contribution >= 4 is 18.0 Å². The van der Waals surface area contributed by atoms with Crippen molar-refractivity contribution < 1.29 is 19.1 Å². The second-order valence-corrected chi connectivity index (χ2v) is 7.02. The molecule has 6 heteroatoms. The van der Waals surface area contributed by atoms with Gasteiger partial charge in [0.1, 0.15) is 12.3 Å². The Kier molecular flexibility index (Phi) is 6.57. The average molecular weight is 406 g/mol. The number of rotatable bonds is 8. The number of hydrogen-bond acceptors (Lipinski definition) is 4. The first-order valence-electron chi connectivity index (χ1n) is 9.81. The normalized spacial score (nSPS) is 14.8. The fourth-order valence-electron chi connectivity index (χ4n) is 3.25. The topological polar surface area (TPSA) is 67.9 Å². The van der Waals surface area contributed by atoms with Crippen LogP contribution < -0.4 is 14.8 Å². The Bertz CT molecular complexity index is 993. The molecule has 1 fully saturated rings. The number of nitrogens with one attached hydrogen (secondary N) is 1. The number of carbonyl (C=O) groups excluding carboxylic acids is 2. The fraction of sp³-hybridized carbons (Fsp3) is 0.250. The summed E-state index contributed by atoms with van der Waals surface area (Å²) in [4.78, 5) is 25.4. The van der Waals surface area contributed by atoms with Crippen LogP contribution in [0.4, 0.5) is 4.79 Å². The molecule has 1 N–H and O–H groups in total. The van der Waals surface area contributed by atoms with Crippen molar-refractivity contribution in [1.82, 2.24) is 10.2 Å². The fourth-order valence-corrected chi connectivity index (χ4v) is 3.25. The first kappa shape index (κ1) is 21.2. The Morgan fingerprint density at radius 1 is 1.17 bits per heavy atom. The van der Waals surface area contributed by atoms with Crippen LogP contribution in [0.3, 0.4) is 0 Å². The SMILES string of the molecule is C=CCc1cc(/C=C2/NC(=O)N(CC)C2=O)cc(OC)c1OCc1ccc(C)cc1. The van der Waals surface area contributed by atoms with Gasteiger partial charge in [-0.1, -0.05) is 35.9 Å². The number of ether oxygens (including phenoxy) is 2. The van der Waals surface area contributed by atoms with E-state index in [1.165, 1.54) is 5.56 Å². The lowest BCUT2D eigenvalue weighted by Gasteiger charge is -2.16. The summed E-state index contributed by atoms with van der Waals surface area (Å²) in [6.07, 6.45) is 4.00. The van der Waals surface area contributed by atoms with Gasteiger partial charge in [-0.3, -0.25) is 9.69 Å². The molecule has 2 aromatic carbocycles. The zero-order valence-corrected chi connectivity index (χ0v) is 17.5. The number of allylic oxidation sites excluding steroid dienone is 1. The van der Waals surface area contributed by atoms with Gasteiger partial charge in [-0.05, 0) is 49.6 Å². The molecule has 0 aromatic heterocycles. The molecule has 30 heavy (non-hydrogen) atoms. The maximum absolute atomic E-state index is 12.4. The molecule has 0 atom stereocenters. The van der Waals surface area contributed by atoms with Crippen molar-refractivity contribution in [2.45, 2.75) is 26.9 Å². The summed E-state index contributed by atoms with van der Waals surface area (Å²) in [7, 11) is 1.57. The molecule has 0 spiro atoms. The van der Waals surface area contributed by atoms with E-state index in [0.717, 1.165) is 21.6 Å². The van der Waals surface area contributed by atoms with E-state index in [2.05, 4.69) is 11.9 Å². The minimum atomic E-state index is -0.412. The van der Waals surface area contributed by atoms with Gasteiger partial charge in [-0.25, -0.2) is 4.79 Å². The smallest absolute Gasteiger partial charge is 0.328 e. The van der Waals surface area contributed by atoms with E-state index in [9.17, 15) is 9.59 Å². The van der Waals surface area contributed by atoms with E-state index in [-0.39, 0.29) is 11.6 Å². The maximum atomic E-state index is 12.4. The van der Waals surface area contributed by atoms with E-state index >= 15 is 0 Å². The largest absolute Gasteiger partial charge is 0.493 e. The van der Waals surface area contributed by atoms with E-state index in [1.807, 2.05) is 37.3 Å². The van der Waals surface area contributed by atoms with Gasteiger partial charge >= 0.3 is 6.03 Å².